The van der Waals surface area contributed by atoms with Crippen molar-refractivity contribution in [2.75, 3.05) is 7.05 Å². The first-order valence-corrected chi connectivity index (χ1v) is 8.26. The van der Waals surface area contributed by atoms with Gasteiger partial charge in [0.25, 0.3) is 0 Å². The van der Waals surface area contributed by atoms with Crippen molar-refractivity contribution in [2.45, 2.75) is 25.9 Å². The summed E-state index contributed by atoms with van der Waals surface area (Å²) >= 11 is 8.86. The summed E-state index contributed by atoms with van der Waals surface area (Å²) in [4.78, 5) is 1.28. The molecule has 0 aliphatic rings. The van der Waals surface area contributed by atoms with Crippen LogP contribution >= 0.6 is 43.2 Å². The molecule has 0 saturated carbocycles. The maximum atomic E-state index is 4.43. The summed E-state index contributed by atoms with van der Waals surface area (Å²) in [6, 6.07) is 2.33. The van der Waals surface area contributed by atoms with Gasteiger partial charge in [-0.05, 0) is 51.4 Å². The Morgan fingerprint density at radius 3 is 2.83 bits per heavy atom. The lowest BCUT2D eigenvalue weighted by molar-refractivity contribution is 0.536. The second-order valence-electron chi connectivity index (χ2n) is 3.99. The van der Waals surface area contributed by atoms with E-state index in [1.807, 2.05) is 13.2 Å². The van der Waals surface area contributed by atoms with Crippen molar-refractivity contribution in [2.24, 2.45) is 0 Å². The second-order valence-corrected chi connectivity index (χ2v) is 6.70. The Kier molecular flexibility index (Phi) is 5.00. The lowest BCUT2D eigenvalue weighted by atomic mass is 10.1. The average Bonchev–Trinajstić information content (AvgIpc) is 2.91. The van der Waals surface area contributed by atoms with E-state index >= 15 is 0 Å². The Labute approximate surface area is 128 Å². The highest BCUT2D eigenvalue weighted by molar-refractivity contribution is 9.10. The molecule has 0 aromatic carbocycles. The zero-order chi connectivity index (χ0) is 13.1. The standard InChI is InChI=1S/C12H15Br2N3S/c1-3-4-17-12(9(14)6-16-17)11(15-2)10-5-8(13)7-18-10/h5-7,11,15H,3-4H2,1-2H3. The first kappa shape index (κ1) is 14.2. The molecule has 2 aromatic heterocycles. The maximum Gasteiger partial charge on any atom is 0.0851 e. The van der Waals surface area contributed by atoms with Crippen molar-refractivity contribution in [3.8, 4) is 0 Å². The van der Waals surface area contributed by atoms with Crippen LogP contribution in [0.1, 0.15) is 30.0 Å². The number of nitrogens with one attached hydrogen (secondary N) is 1. The molecule has 0 aliphatic heterocycles. The van der Waals surface area contributed by atoms with Gasteiger partial charge in [0.15, 0.2) is 0 Å². The Balaban J connectivity index is 2.41. The number of rotatable bonds is 5. The van der Waals surface area contributed by atoms with Crippen molar-refractivity contribution in [1.82, 2.24) is 15.1 Å². The molecule has 6 heteroatoms. The summed E-state index contributed by atoms with van der Waals surface area (Å²) in [7, 11) is 1.98. The van der Waals surface area contributed by atoms with Gasteiger partial charge < -0.3 is 5.32 Å². The Morgan fingerprint density at radius 1 is 1.50 bits per heavy atom. The van der Waals surface area contributed by atoms with Crippen LogP contribution in [0.5, 0.6) is 0 Å². The highest BCUT2D eigenvalue weighted by atomic mass is 79.9. The monoisotopic (exact) mass is 391 g/mol. The van der Waals surface area contributed by atoms with Crippen LogP contribution in [0.25, 0.3) is 0 Å². The molecule has 0 amide bonds. The van der Waals surface area contributed by atoms with Crippen molar-refractivity contribution < 1.29 is 0 Å². The van der Waals surface area contributed by atoms with E-state index in [1.165, 1.54) is 10.6 Å². The van der Waals surface area contributed by atoms with Gasteiger partial charge in [0.2, 0.25) is 0 Å². The zero-order valence-electron chi connectivity index (χ0n) is 10.3. The van der Waals surface area contributed by atoms with Gasteiger partial charge in [-0.3, -0.25) is 4.68 Å². The van der Waals surface area contributed by atoms with Gasteiger partial charge in [0.1, 0.15) is 0 Å². The molecule has 2 heterocycles. The van der Waals surface area contributed by atoms with E-state index in [1.54, 1.807) is 11.3 Å². The second kappa shape index (κ2) is 6.32. The van der Waals surface area contributed by atoms with Gasteiger partial charge >= 0.3 is 0 Å². The lowest BCUT2D eigenvalue weighted by Crippen LogP contribution is -2.21. The Morgan fingerprint density at radius 2 is 2.28 bits per heavy atom. The van der Waals surface area contributed by atoms with Crippen molar-refractivity contribution >= 4 is 43.2 Å². The third-order valence-electron chi connectivity index (χ3n) is 2.70. The summed E-state index contributed by atoms with van der Waals surface area (Å²) in [5, 5.41) is 9.91. The van der Waals surface area contributed by atoms with Crippen LogP contribution < -0.4 is 5.32 Å². The van der Waals surface area contributed by atoms with E-state index in [4.69, 9.17) is 0 Å². The van der Waals surface area contributed by atoms with Crippen LogP contribution in [-0.4, -0.2) is 16.8 Å². The molecule has 1 unspecified atom stereocenters. The molecule has 3 nitrogen and oxygen atoms in total. The third kappa shape index (κ3) is 2.87. The van der Waals surface area contributed by atoms with E-state index in [0.717, 1.165) is 21.9 Å². The quantitative estimate of drug-likeness (QED) is 0.826. The Hall–Kier alpha value is -0.170. The topological polar surface area (TPSA) is 29.9 Å². The van der Waals surface area contributed by atoms with E-state index in [2.05, 4.69) is 65.3 Å². The SMILES string of the molecule is CCCn1ncc(Br)c1C(NC)c1cc(Br)cs1. The fourth-order valence-corrected chi connectivity index (χ4v) is 4.02. The smallest absolute Gasteiger partial charge is 0.0851 e. The molecule has 1 N–H and O–H groups in total. The van der Waals surface area contributed by atoms with Crippen LogP contribution in [0.2, 0.25) is 0 Å². The van der Waals surface area contributed by atoms with Crippen LogP contribution in [0.15, 0.2) is 26.6 Å². The van der Waals surface area contributed by atoms with E-state index < -0.39 is 0 Å². The van der Waals surface area contributed by atoms with Gasteiger partial charge in [-0.2, -0.15) is 5.10 Å². The number of nitrogens with zero attached hydrogens (tertiary/aromatic N) is 2. The fraction of sp³-hybridized carbons (Fsp3) is 0.417. The number of aromatic nitrogens is 2. The third-order valence-corrected chi connectivity index (χ3v) is 5.07. The molecule has 2 rings (SSSR count). The molecule has 0 bridgehead atoms. The minimum Gasteiger partial charge on any atom is -0.307 e. The fourth-order valence-electron chi connectivity index (χ4n) is 1.94. The summed E-state index contributed by atoms with van der Waals surface area (Å²) in [6.45, 7) is 3.10. The average molecular weight is 393 g/mol. The van der Waals surface area contributed by atoms with E-state index in [0.29, 0.717) is 0 Å². The molecule has 1 atom stereocenters. The highest BCUT2D eigenvalue weighted by Gasteiger charge is 2.21. The zero-order valence-corrected chi connectivity index (χ0v) is 14.3. The van der Waals surface area contributed by atoms with Crippen molar-refractivity contribution in [3.63, 3.8) is 0 Å². The van der Waals surface area contributed by atoms with Crippen LogP contribution in [0, 0.1) is 0 Å². The molecular formula is C12H15Br2N3S. The lowest BCUT2D eigenvalue weighted by Gasteiger charge is -2.17. The van der Waals surface area contributed by atoms with Gasteiger partial charge in [-0.15, -0.1) is 11.3 Å². The maximum absolute atomic E-state index is 4.43. The molecular weight excluding hydrogens is 378 g/mol. The summed E-state index contributed by atoms with van der Waals surface area (Å²) < 4.78 is 4.25. The number of hydrogen-bond donors (Lipinski definition) is 1. The van der Waals surface area contributed by atoms with Gasteiger partial charge in [-0.25, -0.2) is 0 Å². The number of halogens is 2. The van der Waals surface area contributed by atoms with Crippen molar-refractivity contribution in [3.05, 3.63) is 37.2 Å². The van der Waals surface area contributed by atoms with Gasteiger partial charge in [-0.1, -0.05) is 6.92 Å². The molecule has 0 radical (unpaired) electrons. The minimum atomic E-state index is 0.171. The Bertz CT molecular complexity index is 521. The highest BCUT2D eigenvalue weighted by Crippen LogP contribution is 2.33. The summed E-state index contributed by atoms with van der Waals surface area (Å²) in [5.74, 6) is 0. The first-order chi connectivity index (χ1) is 8.67. The predicted octanol–water partition coefficient (Wildman–Crippen LogP) is 4.19. The normalized spacial score (nSPS) is 12.9. The minimum absolute atomic E-state index is 0.171. The molecule has 98 valence electrons. The van der Waals surface area contributed by atoms with Crippen LogP contribution in [-0.2, 0) is 6.54 Å². The first-order valence-electron chi connectivity index (χ1n) is 5.79. The number of hydrogen-bond acceptors (Lipinski definition) is 3. The summed E-state index contributed by atoms with van der Waals surface area (Å²) in [6.07, 6.45) is 2.95. The van der Waals surface area contributed by atoms with Crippen molar-refractivity contribution in [1.29, 1.82) is 0 Å². The molecule has 0 spiro atoms. The van der Waals surface area contributed by atoms with Gasteiger partial charge in [0, 0.05) is 21.3 Å². The van der Waals surface area contributed by atoms with Gasteiger partial charge in [0.05, 0.1) is 22.4 Å². The molecule has 2 aromatic rings. The predicted molar refractivity (Wildman–Crippen MR) is 83.1 cm³/mol. The molecule has 18 heavy (non-hydrogen) atoms. The molecule has 0 aliphatic carbocycles. The van der Waals surface area contributed by atoms with Crippen LogP contribution in [0.3, 0.4) is 0 Å². The van der Waals surface area contributed by atoms with E-state index in [-0.39, 0.29) is 6.04 Å². The van der Waals surface area contributed by atoms with Crippen LogP contribution in [0.4, 0.5) is 0 Å². The number of thiophene rings is 1. The summed E-state index contributed by atoms with van der Waals surface area (Å²) in [5.41, 5.74) is 1.19. The molecule has 0 saturated heterocycles. The largest absolute Gasteiger partial charge is 0.307 e. The van der Waals surface area contributed by atoms with E-state index in [9.17, 15) is 0 Å². The molecule has 0 fully saturated rings. The number of aryl methyl sites for hydroxylation is 1.